The summed E-state index contributed by atoms with van der Waals surface area (Å²) in [5.74, 6) is 1.01. The van der Waals surface area contributed by atoms with E-state index in [9.17, 15) is 0 Å². The van der Waals surface area contributed by atoms with Crippen molar-refractivity contribution in [2.24, 2.45) is 0 Å². The van der Waals surface area contributed by atoms with Crippen LogP contribution < -0.4 is 5.73 Å². The number of benzene rings is 1. The van der Waals surface area contributed by atoms with Crippen LogP contribution in [0, 0.1) is 20.8 Å². The van der Waals surface area contributed by atoms with Gasteiger partial charge < -0.3 is 5.73 Å². The quantitative estimate of drug-likeness (QED) is 0.789. The third-order valence-electron chi connectivity index (χ3n) is 2.60. The van der Waals surface area contributed by atoms with Crippen molar-refractivity contribution in [3.63, 3.8) is 0 Å². The Balaban J connectivity index is 2.54. The monoisotopic (exact) mass is 214 g/mol. The molecule has 0 bridgehead atoms. The van der Waals surface area contributed by atoms with E-state index in [1.165, 1.54) is 11.1 Å². The summed E-state index contributed by atoms with van der Waals surface area (Å²) in [5.41, 5.74) is 9.89. The van der Waals surface area contributed by atoms with E-state index in [1.807, 2.05) is 18.2 Å². The first kappa shape index (κ1) is 10.5. The highest BCUT2D eigenvalue weighted by Gasteiger charge is 2.07. The first-order valence-corrected chi connectivity index (χ1v) is 5.12. The molecule has 0 aliphatic heterocycles. The van der Waals surface area contributed by atoms with Gasteiger partial charge in [0.2, 0.25) is 0 Å². The van der Waals surface area contributed by atoms with Crippen molar-refractivity contribution in [1.82, 2.24) is 15.2 Å². The SMILES string of the molecule is Cc1nnc(-c2ccc(C)c(C)c2)c(N)n1. The molecular weight excluding hydrogens is 200 g/mol. The van der Waals surface area contributed by atoms with Crippen LogP contribution >= 0.6 is 0 Å². The van der Waals surface area contributed by atoms with E-state index in [1.54, 1.807) is 6.92 Å². The molecule has 0 fully saturated rings. The molecule has 16 heavy (non-hydrogen) atoms. The van der Waals surface area contributed by atoms with Crippen molar-refractivity contribution < 1.29 is 0 Å². The molecule has 1 aromatic carbocycles. The number of nitrogens with zero attached hydrogens (tertiary/aromatic N) is 3. The minimum Gasteiger partial charge on any atom is -0.382 e. The van der Waals surface area contributed by atoms with E-state index in [0.717, 1.165) is 5.56 Å². The highest BCUT2D eigenvalue weighted by Crippen LogP contribution is 2.23. The van der Waals surface area contributed by atoms with Crippen LogP contribution in [0.3, 0.4) is 0 Å². The summed E-state index contributed by atoms with van der Waals surface area (Å²) in [4.78, 5) is 4.11. The Kier molecular flexibility index (Phi) is 2.56. The van der Waals surface area contributed by atoms with Crippen LogP contribution in [0.25, 0.3) is 11.3 Å². The van der Waals surface area contributed by atoms with Crippen LogP contribution in [0.5, 0.6) is 0 Å². The molecule has 0 saturated carbocycles. The maximum Gasteiger partial charge on any atom is 0.154 e. The van der Waals surface area contributed by atoms with Gasteiger partial charge in [-0.25, -0.2) is 4.98 Å². The van der Waals surface area contributed by atoms with E-state index in [-0.39, 0.29) is 0 Å². The Morgan fingerprint density at radius 3 is 2.38 bits per heavy atom. The van der Waals surface area contributed by atoms with Crippen molar-refractivity contribution >= 4 is 5.82 Å². The standard InChI is InChI=1S/C12H14N4/c1-7-4-5-10(6-8(7)2)11-12(13)14-9(3)15-16-11/h4-6H,1-3H3,(H2,13,14,15). The van der Waals surface area contributed by atoms with Crippen LogP contribution in [0.1, 0.15) is 17.0 Å². The minimum absolute atomic E-state index is 0.427. The number of nitrogens with two attached hydrogens (primary N) is 1. The number of rotatable bonds is 1. The van der Waals surface area contributed by atoms with Gasteiger partial charge in [0.15, 0.2) is 5.82 Å². The fourth-order valence-corrected chi connectivity index (χ4v) is 1.52. The predicted octanol–water partition coefficient (Wildman–Crippen LogP) is 2.05. The van der Waals surface area contributed by atoms with Crippen molar-refractivity contribution in [3.8, 4) is 11.3 Å². The lowest BCUT2D eigenvalue weighted by Gasteiger charge is -2.06. The molecule has 2 rings (SSSR count). The van der Waals surface area contributed by atoms with Gasteiger partial charge in [-0.15, -0.1) is 10.2 Å². The number of anilines is 1. The Morgan fingerprint density at radius 1 is 1.00 bits per heavy atom. The lowest BCUT2D eigenvalue weighted by molar-refractivity contribution is 0.920. The molecule has 2 aromatic rings. The molecule has 4 nitrogen and oxygen atoms in total. The molecule has 0 atom stereocenters. The average Bonchev–Trinajstić information content (AvgIpc) is 2.22. The van der Waals surface area contributed by atoms with Crippen LogP contribution in [0.2, 0.25) is 0 Å². The number of hydrogen-bond donors (Lipinski definition) is 1. The first-order chi connectivity index (χ1) is 7.58. The zero-order chi connectivity index (χ0) is 11.7. The highest BCUT2D eigenvalue weighted by molar-refractivity contribution is 5.69. The summed E-state index contributed by atoms with van der Waals surface area (Å²) in [6.45, 7) is 5.90. The van der Waals surface area contributed by atoms with Crippen LogP contribution in [-0.2, 0) is 0 Å². The fraction of sp³-hybridized carbons (Fsp3) is 0.250. The molecule has 0 spiro atoms. The topological polar surface area (TPSA) is 64.7 Å². The highest BCUT2D eigenvalue weighted by atomic mass is 15.2. The molecule has 0 unspecified atom stereocenters. The molecule has 2 N–H and O–H groups in total. The molecular formula is C12H14N4. The number of aryl methyl sites for hydroxylation is 3. The van der Waals surface area contributed by atoms with E-state index < -0.39 is 0 Å². The molecule has 0 radical (unpaired) electrons. The third-order valence-corrected chi connectivity index (χ3v) is 2.60. The summed E-state index contributed by atoms with van der Waals surface area (Å²) < 4.78 is 0. The predicted molar refractivity (Wildman–Crippen MR) is 63.9 cm³/mol. The van der Waals surface area contributed by atoms with Crippen LogP contribution in [0.15, 0.2) is 18.2 Å². The van der Waals surface area contributed by atoms with Crippen LogP contribution in [0.4, 0.5) is 5.82 Å². The van der Waals surface area contributed by atoms with Gasteiger partial charge >= 0.3 is 0 Å². The average molecular weight is 214 g/mol. The van der Waals surface area contributed by atoms with Gasteiger partial charge in [-0.2, -0.15) is 0 Å². The maximum absolute atomic E-state index is 5.83. The van der Waals surface area contributed by atoms with Gasteiger partial charge in [-0.1, -0.05) is 12.1 Å². The van der Waals surface area contributed by atoms with E-state index in [4.69, 9.17) is 5.73 Å². The van der Waals surface area contributed by atoms with E-state index >= 15 is 0 Å². The fourth-order valence-electron chi connectivity index (χ4n) is 1.52. The van der Waals surface area contributed by atoms with Gasteiger partial charge in [-0.05, 0) is 38.0 Å². The number of aromatic nitrogens is 3. The molecule has 0 aliphatic rings. The summed E-state index contributed by atoms with van der Waals surface area (Å²) in [5, 5.41) is 8.01. The molecule has 1 heterocycles. The minimum atomic E-state index is 0.427. The molecule has 0 aliphatic carbocycles. The van der Waals surface area contributed by atoms with Gasteiger partial charge in [-0.3, -0.25) is 0 Å². The second-order valence-electron chi connectivity index (χ2n) is 3.89. The lowest BCUT2D eigenvalue weighted by atomic mass is 10.0. The lowest BCUT2D eigenvalue weighted by Crippen LogP contribution is -2.02. The smallest absolute Gasteiger partial charge is 0.154 e. The summed E-state index contributed by atoms with van der Waals surface area (Å²) in [7, 11) is 0. The van der Waals surface area contributed by atoms with Crippen molar-refractivity contribution in [3.05, 3.63) is 35.2 Å². The molecule has 0 amide bonds. The second kappa shape index (κ2) is 3.89. The second-order valence-corrected chi connectivity index (χ2v) is 3.89. The van der Waals surface area contributed by atoms with Gasteiger partial charge in [0.1, 0.15) is 11.5 Å². The molecule has 1 aromatic heterocycles. The zero-order valence-electron chi connectivity index (χ0n) is 9.65. The largest absolute Gasteiger partial charge is 0.382 e. The van der Waals surface area contributed by atoms with E-state index in [2.05, 4.69) is 29.0 Å². The van der Waals surface area contributed by atoms with Gasteiger partial charge in [0.05, 0.1) is 0 Å². The molecule has 4 heteroatoms. The Morgan fingerprint density at radius 2 is 1.75 bits per heavy atom. The molecule has 0 saturated heterocycles. The summed E-state index contributed by atoms with van der Waals surface area (Å²) in [6, 6.07) is 6.08. The zero-order valence-corrected chi connectivity index (χ0v) is 9.65. The Bertz CT molecular complexity index is 535. The summed E-state index contributed by atoms with van der Waals surface area (Å²) in [6.07, 6.45) is 0. The van der Waals surface area contributed by atoms with Crippen molar-refractivity contribution in [2.45, 2.75) is 20.8 Å². The van der Waals surface area contributed by atoms with Gasteiger partial charge in [0, 0.05) is 5.56 Å². The van der Waals surface area contributed by atoms with Gasteiger partial charge in [0.25, 0.3) is 0 Å². The molecule has 82 valence electrons. The third kappa shape index (κ3) is 1.86. The van der Waals surface area contributed by atoms with E-state index in [0.29, 0.717) is 17.3 Å². The summed E-state index contributed by atoms with van der Waals surface area (Å²) >= 11 is 0. The maximum atomic E-state index is 5.83. The number of nitrogen functional groups attached to an aromatic ring is 1. The Hall–Kier alpha value is -1.97. The van der Waals surface area contributed by atoms with Crippen molar-refractivity contribution in [2.75, 3.05) is 5.73 Å². The van der Waals surface area contributed by atoms with Crippen molar-refractivity contribution in [1.29, 1.82) is 0 Å². The first-order valence-electron chi connectivity index (χ1n) is 5.12. The van der Waals surface area contributed by atoms with Crippen LogP contribution in [-0.4, -0.2) is 15.2 Å². The number of hydrogen-bond acceptors (Lipinski definition) is 4. The normalized spacial score (nSPS) is 10.4. The Labute approximate surface area is 94.6 Å².